The fourth-order valence-electron chi connectivity index (χ4n) is 1.51. The molecule has 0 radical (unpaired) electrons. The third-order valence-electron chi connectivity index (χ3n) is 3.03. The van der Waals surface area contributed by atoms with Crippen LogP contribution in [0.3, 0.4) is 0 Å². The third kappa shape index (κ3) is 2.65. The molecule has 1 aliphatic carbocycles. The maximum Gasteiger partial charge on any atom is 0.277 e. The molecule has 6 heteroatoms. The van der Waals surface area contributed by atoms with Crippen LogP contribution in [0.4, 0.5) is 8.78 Å². The van der Waals surface area contributed by atoms with Gasteiger partial charge in [0.05, 0.1) is 18.8 Å². The molecule has 18 heavy (non-hydrogen) atoms. The van der Waals surface area contributed by atoms with Crippen LogP contribution in [-0.4, -0.2) is 24.2 Å². The zero-order valence-electron chi connectivity index (χ0n) is 9.58. The summed E-state index contributed by atoms with van der Waals surface area (Å²) in [6.07, 6.45) is 1.65. The standard InChI is InChI=1S/C12H13F2NO3/c13-9-3-1-2-8(10(9)14)11(17)15-18-7-12(6-16)4-5-12/h1-3,16H,4-7H2,(H,15,17). The first-order valence-corrected chi connectivity index (χ1v) is 5.55. The molecule has 1 saturated carbocycles. The lowest BCUT2D eigenvalue weighted by Gasteiger charge is -2.12. The molecule has 0 aromatic heterocycles. The predicted molar refractivity (Wildman–Crippen MR) is 58.5 cm³/mol. The van der Waals surface area contributed by atoms with Crippen molar-refractivity contribution in [3.63, 3.8) is 0 Å². The number of halogens is 2. The van der Waals surface area contributed by atoms with Crippen LogP contribution in [0.5, 0.6) is 0 Å². The van der Waals surface area contributed by atoms with Crippen molar-refractivity contribution in [1.82, 2.24) is 5.48 Å². The summed E-state index contributed by atoms with van der Waals surface area (Å²) in [5.41, 5.74) is 1.34. The molecule has 0 aliphatic heterocycles. The van der Waals surface area contributed by atoms with Gasteiger partial charge in [-0.05, 0) is 25.0 Å². The summed E-state index contributed by atoms with van der Waals surface area (Å²) in [6.45, 7) is 0.142. The molecule has 0 bridgehead atoms. The highest BCUT2D eigenvalue weighted by molar-refractivity contribution is 5.93. The second-order valence-corrected chi connectivity index (χ2v) is 4.48. The number of carbonyl (C=O) groups excluding carboxylic acids is 1. The van der Waals surface area contributed by atoms with Gasteiger partial charge < -0.3 is 5.11 Å². The highest BCUT2D eigenvalue weighted by Gasteiger charge is 2.42. The van der Waals surface area contributed by atoms with Crippen molar-refractivity contribution in [3.05, 3.63) is 35.4 Å². The molecule has 1 aromatic rings. The van der Waals surface area contributed by atoms with Crippen LogP contribution in [0.15, 0.2) is 18.2 Å². The van der Waals surface area contributed by atoms with Crippen LogP contribution < -0.4 is 5.48 Å². The minimum Gasteiger partial charge on any atom is -0.396 e. The van der Waals surface area contributed by atoms with Gasteiger partial charge in [0, 0.05) is 5.41 Å². The van der Waals surface area contributed by atoms with E-state index in [-0.39, 0.29) is 18.6 Å². The van der Waals surface area contributed by atoms with Gasteiger partial charge in [-0.15, -0.1) is 0 Å². The van der Waals surface area contributed by atoms with Crippen molar-refractivity contribution in [3.8, 4) is 0 Å². The van der Waals surface area contributed by atoms with Crippen LogP contribution >= 0.6 is 0 Å². The number of aliphatic hydroxyl groups is 1. The lowest BCUT2D eigenvalue weighted by atomic mass is 10.1. The largest absolute Gasteiger partial charge is 0.396 e. The first kappa shape index (κ1) is 12.9. The molecule has 1 fully saturated rings. The second-order valence-electron chi connectivity index (χ2n) is 4.48. The quantitative estimate of drug-likeness (QED) is 0.784. The molecule has 0 saturated heterocycles. The Morgan fingerprint density at radius 2 is 2.17 bits per heavy atom. The Balaban J connectivity index is 1.90. The number of carbonyl (C=O) groups is 1. The molecular weight excluding hydrogens is 244 g/mol. The summed E-state index contributed by atoms with van der Waals surface area (Å²) in [4.78, 5) is 16.4. The van der Waals surface area contributed by atoms with E-state index in [1.807, 2.05) is 5.48 Å². The number of amides is 1. The Labute approximate surface area is 103 Å². The lowest BCUT2D eigenvalue weighted by molar-refractivity contribution is -0.000329. The van der Waals surface area contributed by atoms with Crippen molar-refractivity contribution in [2.75, 3.05) is 13.2 Å². The van der Waals surface area contributed by atoms with Gasteiger partial charge in [0.1, 0.15) is 0 Å². The van der Waals surface area contributed by atoms with Crippen LogP contribution in [0.1, 0.15) is 23.2 Å². The van der Waals surface area contributed by atoms with Gasteiger partial charge in [0.15, 0.2) is 11.6 Å². The smallest absolute Gasteiger partial charge is 0.277 e. The van der Waals surface area contributed by atoms with E-state index in [1.165, 1.54) is 6.07 Å². The number of hydrogen-bond donors (Lipinski definition) is 2. The van der Waals surface area contributed by atoms with Crippen LogP contribution in [0.25, 0.3) is 0 Å². The van der Waals surface area contributed by atoms with Crippen LogP contribution in [-0.2, 0) is 4.84 Å². The Morgan fingerprint density at radius 3 is 2.78 bits per heavy atom. The van der Waals surface area contributed by atoms with Crippen molar-refractivity contribution >= 4 is 5.91 Å². The Morgan fingerprint density at radius 1 is 1.44 bits per heavy atom. The van der Waals surface area contributed by atoms with E-state index in [4.69, 9.17) is 9.94 Å². The number of benzene rings is 1. The average Bonchev–Trinajstić information content (AvgIpc) is 3.13. The van der Waals surface area contributed by atoms with Crippen molar-refractivity contribution in [2.24, 2.45) is 5.41 Å². The molecule has 1 aromatic carbocycles. The molecule has 98 valence electrons. The minimum atomic E-state index is -1.21. The fraction of sp³-hybridized carbons (Fsp3) is 0.417. The molecular formula is C12H13F2NO3. The first-order valence-electron chi connectivity index (χ1n) is 5.55. The summed E-state index contributed by atoms with van der Waals surface area (Å²) in [5, 5.41) is 9.02. The Hall–Kier alpha value is -1.53. The van der Waals surface area contributed by atoms with E-state index in [1.54, 1.807) is 0 Å². The number of rotatable bonds is 5. The van der Waals surface area contributed by atoms with Crippen LogP contribution in [0.2, 0.25) is 0 Å². The Bertz CT molecular complexity index is 461. The van der Waals surface area contributed by atoms with Crippen molar-refractivity contribution < 1.29 is 23.5 Å². The highest BCUT2D eigenvalue weighted by atomic mass is 19.2. The second kappa shape index (κ2) is 4.99. The van der Waals surface area contributed by atoms with E-state index < -0.39 is 23.1 Å². The zero-order valence-corrected chi connectivity index (χ0v) is 9.58. The van der Waals surface area contributed by atoms with Gasteiger partial charge in [-0.2, -0.15) is 0 Å². The first-order chi connectivity index (χ1) is 8.58. The highest BCUT2D eigenvalue weighted by Crippen LogP contribution is 2.44. The molecule has 0 unspecified atom stereocenters. The molecule has 2 N–H and O–H groups in total. The summed E-state index contributed by atoms with van der Waals surface area (Å²) < 4.78 is 26.1. The number of hydroxylamine groups is 1. The summed E-state index contributed by atoms with van der Waals surface area (Å²) in [7, 11) is 0. The molecule has 1 aliphatic rings. The molecule has 0 heterocycles. The van der Waals surface area contributed by atoms with Gasteiger partial charge in [0.2, 0.25) is 0 Å². The average molecular weight is 257 g/mol. The van der Waals surface area contributed by atoms with Gasteiger partial charge >= 0.3 is 0 Å². The molecule has 0 atom stereocenters. The predicted octanol–water partition coefficient (Wildman–Crippen LogP) is 1.40. The van der Waals surface area contributed by atoms with Gasteiger partial charge in [-0.25, -0.2) is 14.3 Å². The van der Waals surface area contributed by atoms with E-state index in [0.717, 1.165) is 25.0 Å². The van der Waals surface area contributed by atoms with Crippen LogP contribution in [0, 0.1) is 17.0 Å². The molecule has 0 spiro atoms. The van der Waals surface area contributed by atoms with Gasteiger partial charge in [0.25, 0.3) is 5.91 Å². The minimum absolute atomic E-state index is 0.0167. The van der Waals surface area contributed by atoms with E-state index in [9.17, 15) is 13.6 Å². The zero-order chi connectivity index (χ0) is 13.2. The maximum absolute atomic E-state index is 13.3. The van der Waals surface area contributed by atoms with Crippen molar-refractivity contribution in [1.29, 1.82) is 0 Å². The van der Waals surface area contributed by atoms with Crippen molar-refractivity contribution in [2.45, 2.75) is 12.8 Å². The SMILES string of the molecule is O=C(NOCC1(CO)CC1)c1cccc(F)c1F. The molecule has 1 amide bonds. The van der Waals surface area contributed by atoms with Gasteiger partial charge in [-0.3, -0.25) is 9.63 Å². The Kier molecular flexibility index (Phi) is 3.58. The monoisotopic (exact) mass is 257 g/mol. The normalized spacial score (nSPS) is 16.4. The third-order valence-corrected chi connectivity index (χ3v) is 3.03. The lowest BCUT2D eigenvalue weighted by Crippen LogP contribution is -2.29. The molecule has 2 rings (SSSR count). The summed E-state index contributed by atoms with van der Waals surface area (Å²) >= 11 is 0. The maximum atomic E-state index is 13.3. The van der Waals surface area contributed by atoms with E-state index in [0.29, 0.717) is 0 Å². The van der Waals surface area contributed by atoms with E-state index >= 15 is 0 Å². The fourth-order valence-corrected chi connectivity index (χ4v) is 1.51. The molecule has 4 nitrogen and oxygen atoms in total. The topological polar surface area (TPSA) is 58.6 Å². The number of aliphatic hydroxyl groups excluding tert-OH is 1. The van der Waals surface area contributed by atoms with Gasteiger partial charge in [-0.1, -0.05) is 6.07 Å². The summed E-state index contributed by atoms with van der Waals surface area (Å²) in [5.74, 6) is -3.14. The summed E-state index contributed by atoms with van der Waals surface area (Å²) in [6, 6.07) is 3.33. The van der Waals surface area contributed by atoms with E-state index in [2.05, 4.69) is 0 Å². The number of hydrogen-bond acceptors (Lipinski definition) is 3. The number of nitrogens with one attached hydrogen (secondary N) is 1.